The summed E-state index contributed by atoms with van der Waals surface area (Å²) in [6.07, 6.45) is -0.174. The van der Waals surface area contributed by atoms with Gasteiger partial charge in [0.05, 0.1) is 6.04 Å². The van der Waals surface area contributed by atoms with Crippen molar-refractivity contribution in [1.82, 2.24) is 20.2 Å². The van der Waals surface area contributed by atoms with Crippen molar-refractivity contribution in [1.29, 1.82) is 0 Å². The molecule has 0 saturated heterocycles. The van der Waals surface area contributed by atoms with Crippen LogP contribution in [0.2, 0.25) is 0 Å². The molecule has 6 nitrogen and oxygen atoms in total. The molecule has 0 saturated carbocycles. The first-order valence-corrected chi connectivity index (χ1v) is 3.59. The van der Waals surface area contributed by atoms with Crippen molar-refractivity contribution < 1.29 is 9.90 Å². The fraction of sp³-hybridized carbons (Fsp3) is 0.667. The van der Waals surface area contributed by atoms with E-state index in [0.29, 0.717) is 0 Å². The molecule has 0 spiro atoms. The van der Waals surface area contributed by atoms with Crippen LogP contribution in [0, 0.1) is 0 Å². The summed E-state index contributed by atoms with van der Waals surface area (Å²) in [6.45, 7) is 3.79. The highest BCUT2D eigenvalue weighted by molar-refractivity contribution is 5.68. The normalized spacial score (nSPS) is 10.6. The Labute approximate surface area is 69.2 Å². The number of nitrogens with zero attached hydrogens (tertiary/aromatic N) is 4. The van der Waals surface area contributed by atoms with Crippen LogP contribution in [0.4, 0.5) is 0 Å². The number of hydrogen-bond donors (Lipinski definition) is 1. The Balaban J connectivity index is 2.70. The lowest BCUT2D eigenvalue weighted by Gasteiger charge is -1.98. The summed E-state index contributed by atoms with van der Waals surface area (Å²) in [5.74, 6) is -0.700. The van der Waals surface area contributed by atoms with E-state index in [1.165, 1.54) is 4.80 Å². The lowest BCUT2D eigenvalue weighted by atomic mass is 10.4. The Morgan fingerprint density at radius 1 is 1.67 bits per heavy atom. The number of carbonyl (C=O) groups is 1. The Morgan fingerprint density at radius 3 is 2.75 bits per heavy atom. The van der Waals surface area contributed by atoms with E-state index in [0.717, 1.165) is 0 Å². The van der Waals surface area contributed by atoms with Crippen molar-refractivity contribution in [3.05, 3.63) is 5.82 Å². The molecule has 1 rings (SSSR count). The number of tetrazole rings is 1. The fourth-order valence-corrected chi connectivity index (χ4v) is 0.680. The zero-order valence-corrected chi connectivity index (χ0v) is 6.93. The van der Waals surface area contributed by atoms with Crippen molar-refractivity contribution in [3.63, 3.8) is 0 Å². The summed E-state index contributed by atoms with van der Waals surface area (Å²) in [6, 6.07) is 0.111. The monoisotopic (exact) mass is 170 g/mol. The maximum atomic E-state index is 10.2. The van der Waals surface area contributed by atoms with Gasteiger partial charge in [-0.15, -0.1) is 10.2 Å². The van der Waals surface area contributed by atoms with E-state index < -0.39 is 5.97 Å². The Bertz CT molecular complexity index is 281. The van der Waals surface area contributed by atoms with Crippen LogP contribution in [0.3, 0.4) is 0 Å². The second kappa shape index (κ2) is 3.29. The Hall–Kier alpha value is -1.46. The fourth-order valence-electron chi connectivity index (χ4n) is 0.680. The van der Waals surface area contributed by atoms with E-state index in [2.05, 4.69) is 15.4 Å². The van der Waals surface area contributed by atoms with E-state index >= 15 is 0 Å². The molecule has 6 heteroatoms. The van der Waals surface area contributed by atoms with Gasteiger partial charge in [-0.3, -0.25) is 4.79 Å². The highest BCUT2D eigenvalue weighted by atomic mass is 16.4. The average Bonchev–Trinajstić information content (AvgIpc) is 2.34. The molecule has 0 aliphatic rings. The highest BCUT2D eigenvalue weighted by Crippen LogP contribution is 1.98. The summed E-state index contributed by atoms with van der Waals surface area (Å²) in [7, 11) is 0. The number of aromatic nitrogens is 4. The Kier molecular flexibility index (Phi) is 2.37. The van der Waals surface area contributed by atoms with Crippen LogP contribution >= 0.6 is 0 Å². The number of hydrogen-bond acceptors (Lipinski definition) is 4. The molecule has 0 unspecified atom stereocenters. The standard InChI is InChI=1S/C6H10N4O2/c1-4(2)10-8-5(7-9-10)3-6(11)12/h4H,3H2,1-2H3,(H,11,12). The van der Waals surface area contributed by atoms with E-state index in [1.807, 2.05) is 13.8 Å². The zero-order chi connectivity index (χ0) is 9.14. The molecule has 0 radical (unpaired) electrons. The van der Waals surface area contributed by atoms with Crippen molar-refractivity contribution >= 4 is 5.97 Å². The third kappa shape index (κ3) is 2.01. The molecule has 12 heavy (non-hydrogen) atoms. The van der Waals surface area contributed by atoms with Gasteiger partial charge in [-0.25, -0.2) is 0 Å². The van der Waals surface area contributed by atoms with Gasteiger partial charge in [0, 0.05) is 0 Å². The summed E-state index contributed by atoms with van der Waals surface area (Å²) in [5, 5.41) is 19.5. The average molecular weight is 170 g/mol. The highest BCUT2D eigenvalue weighted by Gasteiger charge is 2.08. The van der Waals surface area contributed by atoms with Crippen LogP contribution in [0.1, 0.15) is 25.7 Å². The molecular formula is C6H10N4O2. The van der Waals surface area contributed by atoms with Crippen LogP contribution in [-0.2, 0) is 11.2 Å². The van der Waals surface area contributed by atoms with E-state index in [4.69, 9.17) is 5.11 Å². The third-order valence-electron chi connectivity index (χ3n) is 1.24. The van der Waals surface area contributed by atoms with Gasteiger partial charge in [-0.2, -0.15) is 4.80 Å². The van der Waals surface area contributed by atoms with Gasteiger partial charge in [0.1, 0.15) is 6.42 Å². The molecule has 0 atom stereocenters. The summed E-state index contributed by atoms with van der Waals surface area (Å²) in [4.78, 5) is 11.6. The molecule has 1 aromatic rings. The number of carboxylic acids is 1. The molecule has 1 heterocycles. The quantitative estimate of drug-likeness (QED) is 0.684. The molecule has 0 aliphatic carbocycles. The first-order valence-electron chi connectivity index (χ1n) is 3.59. The first kappa shape index (κ1) is 8.63. The molecule has 0 fully saturated rings. The van der Waals surface area contributed by atoms with Crippen molar-refractivity contribution in [2.75, 3.05) is 0 Å². The van der Waals surface area contributed by atoms with Crippen LogP contribution in [0.25, 0.3) is 0 Å². The molecule has 66 valence electrons. The maximum Gasteiger partial charge on any atom is 0.311 e. The molecule has 0 aliphatic heterocycles. The second-order valence-corrected chi connectivity index (χ2v) is 2.69. The molecule has 0 bridgehead atoms. The van der Waals surface area contributed by atoms with Crippen molar-refractivity contribution in [3.8, 4) is 0 Å². The lowest BCUT2D eigenvalue weighted by molar-refractivity contribution is -0.136. The summed E-state index contributed by atoms with van der Waals surface area (Å²) in [5.41, 5.74) is 0. The van der Waals surface area contributed by atoms with Gasteiger partial charge < -0.3 is 5.11 Å². The predicted molar refractivity (Wildman–Crippen MR) is 39.5 cm³/mol. The van der Waals surface area contributed by atoms with E-state index in [1.54, 1.807) is 0 Å². The third-order valence-corrected chi connectivity index (χ3v) is 1.24. The minimum absolute atomic E-state index is 0.111. The summed E-state index contributed by atoms with van der Waals surface area (Å²) >= 11 is 0. The van der Waals surface area contributed by atoms with Crippen molar-refractivity contribution in [2.45, 2.75) is 26.3 Å². The van der Waals surface area contributed by atoms with E-state index in [9.17, 15) is 4.79 Å². The largest absolute Gasteiger partial charge is 0.481 e. The van der Waals surface area contributed by atoms with Crippen LogP contribution in [0.15, 0.2) is 0 Å². The van der Waals surface area contributed by atoms with Crippen LogP contribution in [0.5, 0.6) is 0 Å². The topological polar surface area (TPSA) is 80.9 Å². The van der Waals surface area contributed by atoms with Gasteiger partial charge in [0.2, 0.25) is 0 Å². The lowest BCUT2D eigenvalue weighted by Crippen LogP contribution is -2.06. The second-order valence-electron chi connectivity index (χ2n) is 2.69. The minimum atomic E-state index is -0.946. The summed E-state index contributed by atoms with van der Waals surface area (Å²) < 4.78 is 0. The van der Waals surface area contributed by atoms with Gasteiger partial charge in [-0.05, 0) is 19.1 Å². The van der Waals surface area contributed by atoms with Gasteiger partial charge in [0.25, 0.3) is 0 Å². The van der Waals surface area contributed by atoms with Crippen molar-refractivity contribution in [2.24, 2.45) is 0 Å². The smallest absolute Gasteiger partial charge is 0.311 e. The number of rotatable bonds is 3. The number of aliphatic carboxylic acids is 1. The SMILES string of the molecule is CC(C)n1nnc(CC(=O)O)n1. The van der Waals surface area contributed by atoms with Gasteiger partial charge in [0.15, 0.2) is 5.82 Å². The molecule has 0 aromatic carbocycles. The van der Waals surface area contributed by atoms with Crippen LogP contribution in [-0.4, -0.2) is 31.3 Å². The number of carboxylic acid groups (broad SMARTS) is 1. The van der Waals surface area contributed by atoms with Gasteiger partial charge >= 0.3 is 5.97 Å². The van der Waals surface area contributed by atoms with Crippen LogP contribution < -0.4 is 0 Å². The predicted octanol–water partition coefficient (Wildman–Crippen LogP) is -0.119. The first-order chi connectivity index (χ1) is 5.59. The molecule has 0 amide bonds. The van der Waals surface area contributed by atoms with Gasteiger partial charge in [-0.1, -0.05) is 0 Å². The molecular weight excluding hydrogens is 160 g/mol. The molecule has 1 N–H and O–H groups in total. The van der Waals surface area contributed by atoms with E-state index in [-0.39, 0.29) is 18.3 Å². The minimum Gasteiger partial charge on any atom is -0.481 e. The Morgan fingerprint density at radius 2 is 2.33 bits per heavy atom. The maximum absolute atomic E-state index is 10.2. The molecule has 1 aromatic heterocycles. The zero-order valence-electron chi connectivity index (χ0n) is 6.93.